The third kappa shape index (κ3) is 8.55. The Bertz CT molecular complexity index is 575. The maximum absolute atomic E-state index is 5.92. The van der Waals surface area contributed by atoms with Crippen LogP contribution in [0.15, 0.2) is 23.2 Å². The van der Waals surface area contributed by atoms with Gasteiger partial charge in [0, 0.05) is 19.1 Å². The third-order valence-electron chi connectivity index (χ3n) is 4.47. The van der Waals surface area contributed by atoms with Crippen LogP contribution in [-0.4, -0.2) is 56.8 Å². The average Bonchev–Trinajstić information content (AvgIpc) is 3.48. The Morgan fingerprint density at radius 2 is 1.93 bits per heavy atom. The van der Waals surface area contributed by atoms with Crippen molar-refractivity contribution in [2.24, 2.45) is 4.99 Å². The fourth-order valence-corrected chi connectivity index (χ4v) is 2.67. The molecule has 1 aromatic rings. The number of ether oxygens (including phenoxy) is 2. The molecular weight excluding hydrogens is 455 g/mol. The zero-order valence-electron chi connectivity index (χ0n) is 17.1. The Labute approximate surface area is 181 Å². The molecule has 0 atom stereocenters. The normalized spacial score (nSPS) is 13.9. The maximum Gasteiger partial charge on any atom is 0.191 e. The maximum atomic E-state index is 5.92. The number of likely N-dealkylation sites (N-methyl/N-ethyl adjacent to an activating group) is 1. The van der Waals surface area contributed by atoms with E-state index in [1.54, 1.807) is 7.11 Å². The van der Waals surface area contributed by atoms with E-state index in [4.69, 9.17) is 9.47 Å². The fraction of sp³-hybridized carbons (Fsp3) is 0.650. The van der Waals surface area contributed by atoms with E-state index in [1.807, 2.05) is 12.1 Å². The van der Waals surface area contributed by atoms with E-state index >= 15 is 0 Å². The molecule has 7 heteroatoms. The predicted octanol–water partition coefficient (Wildman–Crippen LogP) is 3.25. The fourth-order valence-electron chi connectivity index (χ4n) is 2.67. The van der Waals surface area contributed by atoms with Crippen LogP contribution in [0.5, 0.6) is 11.5 Å². The van der Waals surface area contributed by atoms with Crippen molar-refractivity contribution in [1.29, 1.82) is 0 Å². The summed E-state index contributed by atoms with van der Waals surface area (Å²) in [4.78, 5) is 7.01. The van der Waals surface area contributed by atoms with Crippen LogP contribution in [0, 0.1) is 0 Å². The van der Waals surface area contributed by atoms with Gasteiger partial charge in [0.2, 0.25) is 0 Å². The Morgan fingerprint density at radius 1 is 1.19 bits per heavy atom. The lowest BCUT2D eigenvalue weighted by Crippen LogP contribution is -2.38. The van der Waals surface area contributed by atoms with Gasteiger partial charge in [-0.25, -0.2) is 4.99 Å². The number of rotatable bonds is 11. The Morgan fingerprint density at radius 3 is 2.52 bits per heavy atom. The molecule has 2 N–H and O–H groups in total. The van der Waals surface area contributed by atoms with Gasteiger partial charge in [-0.3, -0.25) is 0 Å². The highest BCUT2D eigenvalue weighted by Crippen LogP contribution is 2.28. The number of halogens is 1. The van der Waals surface area contributed by atoms with Crippen molar-refractivity contribution >= 4 is 29.9 Å². The second-order valence-electron chi connectivity index (χ2n) is 6.47. The third-order valence-corrected chi connectivity index (χ3v) is 4.47. The molecule has 0 bridgehead atoms. The summed E-state index contributed by atoms with van der Waals surface area (Å²) >= 11 is 0. The topological polar surface area (TPSA) is 58.1 Å². The van der Waals surface area contributed by atoms with Crippen LogP contribution in [0.3, 0.4) is 0 Å². The zero-order valence-corrected chi connectivity index (χ0v) is 19.4. The lowest BCUT2D eigenvalue weighted by molar-refractivity contribution is 0.217. The van der Waals surface area contributed by atoms with Gasteiger partial charge in [0.25, 0.3) is 0 Å². The molecule has 0 saturated heterocycles. The summed E-state index contributed by atoms with van der Waals surface area (Å²) < 4.78 is 11.4. The van der Waals surface area contributed by atoms with Crippen molar-refractivity contribution in [3.63, 3.8) is 0 Å². The lowest BCUT2D eigenvalue weighted by Gasteiger charge is -2.19. The number of aliphatic imine (C=N–C) groups is 1. The number of hydrogen-bond acceptors (Lipinski definition) is 4. The van der Waals surface area contributed by atoms with Crippen LogP contribution in [0.2, 0.25) is 0 Å². The highest BCUT2D eigenvalue weighted by molar-refractivity contribution is 14.0. The van der Waals surface area contributed by atoms with Crippen molar-refractivity contribution in [3.8, 4) is 11.5 Å². The summed E-state index contributed by atoms with van der Waals surface area (Å²) in [5.41, 5.74) is 1.10. The molecule has 1 aromatic carbocycles. The summed E-state index contributed by atoms with van der Waals surface area (Å²) in [5.74, 6) is 2.43. The molecule has 0 aromatic heterocycles. The Kier molecular flexibility index (Phi) is 11.5. The van der Waals surface area contributed by atoms with Crippen LogP contribution in [0.4, 0.5) is 0 Å². The molecule has 1 aliphatic carbocycles. The molecule has 0 radical (unpaired) electrons. The van der Waals surface area contributed by atoms with Crippen LogP contribution in [0.25, 0.3) is 0 Å². The van der Waals surface area contributed by atoms with E-state index in [-0.39, 0.29) is 24.0 Å². The molecule has 1 fully saturated rings. The summed E-state index contributed by atoms with van der Waals surface area (Å²) in [6.07, 6.45) is 2.47. The molecule has 0 unspecified atom stereocenters. The van der Waals surface area contributed by atoms with E-state index in [2.05, 4.69) is 47.4 Å². The second kappa shape index (κ2) is 13.0. The minimum absolute atomic E-state index is 0. The van der Waals surface area contributed by atoms with Crippen LogP contribution >= 0.6 is 24.0 Å². The van der Waals surface area contributed by atoms with Gasteiger partial charge in [0.05, 0.1) is 13.7 Å². The number of methoxy groups -OCH3 is 1. The van der Waals surface area contributed by atoms with Gasteiger partial charge < -0.3 is 25.0 Å². The SMILES string of the molecule is CCNC(=NCc1ccc(OCCN(CC)CC)c(OC)c1)NC1CC1.I. The smallest absolute Gasteiger partial charge is 0.191 e. The van der Waals surface area contributed by atoms with E-state index in [1.165, 1.54) is 12.8 Å². The molecule has 0 aliphatic heterocycles. The Hall–Kier alpha value is -1.22. The molecule has 1 saturated carbocycles. The van der Waals surface area contributed by atoms with Gasteiger partial charge in [0.15, 0.2) is 17.5 Å². The average molecular weight is 490 g/mol. The van der Waals surface area contributed by atoms with Gasteiger partial charge in [-0.1, -0.05) is 19.9 Å². The van der Waals surface area contributed by atoms with Crippen LogP contribution in [0.1, 0.15) is 39.2 Å². The first-order chi connectivity index (χ1) is 12.7. The largest absolute Gasteiger partial charge is 0.493 e. The van der Waals surface area contributed by atoms with Crippen molar-refractivity contribution < 1.29 is 9.47 Å². The summed E-state index contributed by atoms with van der Waals surface area (Å²) in [6, 6.07) is 6.63. The number of nitrogens with zero attached hydrogens (tertiary/aromatic N) is 2. The van der Waals surface area contributed by atoms with Crippen molar-refractivity contribution in [1.82, 2.24) is 15.5 Å². The predicted molar refractivity (Wildman–Crippen MR) is 123 cm³/mol. The second-order valence-corrected chi connectivity index (χ2v) is 6.47. The first kappa shape index (κ1) is 23.8. The van der Waals surface area contributed by atoms with Gasteiger partial charge in [-0.15, -0.1) is 24.0 Å². The van der Waals surface area contributed by atoms with Crippen molar-refractivity contribution in [2.45, 2.75) is 46.2 Å². The molecule has 27 heavy (non-hydrogen) atoms. The molecule has 6 nitrogen and oxygen atoms in total. The van der Waals surface area contributed by atoms with Crippen molar-refractivity contribution in [2.75, 3.05) is 39.9 Å². The van der Waals surface area contributed by atoms with Gasteiger partial charge in [-0.05, 0) is 50.6 Å². The zero-order chi connectivity index (χ0) is 18.8. The van der Waals surface area contributed by atoms with Crippen LogP contribution < -0.4 is 20.1 Å². The van der Waals surface area contributed by atoms with Gasteiger partial charge >= 0.3 is 0 Å². The van der Waals surface area contributed by atoms with E-state index in [0.717, 1.165) is 49.2 Å². The minimum Gasteiger partial charge on any atom is -0.493 e. The van der Waals surface area contributed by atoms with Crippen molar-refractivity contribution in [3.05, 3.63) is 23.8 Å². The minimum atomic E-state index is 0. The Balaban J connectivity index is 0.00000364. The summed E-state index contributed by atoms with van der Waals surface area (Å²) in [6.45, 7) is 11.5. The molecule has 1 aliphatic rings. The van der Waals surface area contributed by atoms with E-state index < -0.39 is 0 Å². The first-order valence-corrected chi connectivity index (χ1v) is 9.77. The standard InChI is InChI=1S/C20H34N4O2.HI/c1-5-21-20(23-17-9-10-17)22-15-16-8-11-18(19(14-16)25-4)26-13-12-24(6-2)7-3;/h8,11,14,17H,5-7,9-10,12-13,15H2,1-4H3,(H2,21,22,23);1H. The molecule has 2 rings (SSSR count). The molecule has 154 valence electrons. The lowest BCUT2D eigenvalue weighted by atomic mass is 10.2. The van der Waals surface area contributed by atoms with Gasteiger partial charge in [-0.2, -0.15) is 0 Å². The van der Waals surface area contributed by atoms with Crippen LogP contribution in [-0.2, 0) is 6.54 Å². The summed E-state index contributed by atoms with van der Waals surface area (Å²) in [7, 11) is 1.68. The summed E-state index contributed by atoms with van der Waals surface area (Å²) in [5, 5.41) is 6.72. The van der Waals surface area contributed by atoms with E-state index in [0.29, 0.717) is 19.2 Å². The number of benzene rings is 1. The first-order valence-electron chi connectivity index (χ1n) is 9.77. The number of guanidine groups is 1. The molecule has 0 amide bonds. The highest BCUT2D eigenvalue weighted by atomic mass is 127. The number of hydrogen-bond donors (Lipinski definition) is 2. The highest BCUT2D eigenvalue weighted by Gasteiger charge is 2.22. The van der Waals surface area contributed by atoms with E-state index in [9.17, 15) is 0 Å². The monoisotopic (exact) mass is 490 g/mol. The quantitative estimate of drug-likeness (QED) is 0.284. The number of nitrogens with one attached hydrogen (secondary N) is 2. The molecule has 0 heterocycles. The molecular formula is C20H35IN4O2. The molecule has 0 spiro atoms. The van der Waals surface area contributed by atoms with Gasteiger partial charge in [0.1, 0.15) is 6.61 Å².